The first-order valence-electron chi connectivity index (χ1n) is 9.24. The Bertz CT molecular complexity index is 906. The van der Waals surface area contributed by atoms with E-state index in [1.54, 1.807) is 44.2 Å². The number of hydrogen-bond acceptors (Lipinski definition) is 6. The Labute approximate surface area is 177 Å². The Morgan fingerprint density at radius 1 is 1.37 bits per heavy atom. The van der Waals surface area contributed by atoms with E-state index in [0.717, 1.165) is 6.34 Å². The predicted molar refractivity (Wildman–Crippen MR) is 110 cm³/mol. The number of nitrogens with one attached hydrogen (secondary N) is 2. The molecule has 160 valence electrons. The number of carboxylic acids is 1. The molecular weight excluding hydrogens is 410 g/mol. The molecule has 2 fully saturated rings. The summed E-state index contributed by atoms with van der Waals surface area (Å²) in [5.74, 6) is -3.00. The summed E-state index contributed by atoms with van der Waals surface area (Å²) in [5.41, 5.74) is 3.67. The van der Waals surface area contributed by atoms with Gasteiger partial charge in [-0.3, -0.25) is 24.3 Å². The highest BCUT2D eigenvalue weighted by Gasteiger charge is 2.70. The van der Waals surface area contributed by atoms with Crippen LogP contribution < -0.4 is 16.4 Å². The van der Waals surface area contributed by atoms with Crippen LogP contribution in [0.25, 0.3) is 0 Å². The Hall–Kier alpha value is -3.08. The first-order valence-corrected chi connectivity index (χ1v) is 10.1. The van der Waals surface area contributed by atoms with Crippen molar-refractivity contribution in [3.63, 3.8) is 0 Å². The van der Waals surface area contributed by atoms with Crippen LogP contribution in [0.5, 0.6) is 0 Å². The molecular formula is C19H23N5O5S. The van der Waals surface area contributed by atoms with E-state index in [4.69, 9.17) is 5.73 Å². The molecule has 11 heteroatoms. The maximum Gasteiger partial charge on any atom is 0.352 e. The first-order chi connectivity index (χ1) is 14.1. The quantitative estimate of drug-likeness (QED) is 0.264. The van der Waals surface area contributed by atoms with Gasteiger partial charge in [0.15, 0.2) is 0 Å². The maximum atomic E-state index is 13.3. The van der Waals surface area contributed by atoms with E-state index in [1.165, 1.54) is 16.7 Å². The van der Waals surface area contributed by atoms with E-state index in [1.807, 2.05) is 0 Å². The summed E-state index contributed by atoms with van der Waals surface area (Å²) in [7, 11) is 0. The highest BCUT2D eigenvalue weighted by molar-refractivity contribution is 8.01. The van der Waals surface area contributed by atoms with Crippen molar-refractivity contribution in [2.45, 2.75) is 42.1 Å². The number of rotatable bonds is 7. The number of nitrogens with zero attached hydrogens (tertiary/aromatic N) is 2. The first kappa shape index (κ1) is 21.6. The van der Waals surface area contributed by atoms with Crippen LogP contribution in [0.15, 0.2) is 35.3 Å². The van der Waals surface area contributed by atoms with E-state index >= 15 is 0 Å². The summed E-state index contributed by atoms with van der Waals surface area (Å²) < 4.78 is -1.000. The number of carbonyl (C=O) groups is 4. The Morgan fingerprint density at radius 2 is 2.03 bits per heavy atom. The molecule has 2 heterocycles. The van der Waals surface area contributed by atoms with Crippen LogP contribution in [0.2, 0.25) is 0 Å². The minimum absolute atomic E-state index is 0.217. The number of fused-ring (bicyclic) bond motifs is 1. The molecule has 5 N–H and O–H groups in total. The zero-order valence-corrected chi connectivity index (χ0v) is 17.3. The second-order valence-corrected chi connectivity index (χ2v) is 9.26. The molecule has 0 saturated carbocycles. The van der Waals surface area contributed by atoms with Crippen molar-refractivity contribution in [2.75, 3.05) is 6.54 Å². The van der Waals surface area contributed by atoms with Crippen LogP contribution in [-0.4, -0.2) is 62.4 Å². The molecule has 0 bridgehead atoms. The number of nitrogens with two attached hydrogens (primary N) is 1. The van der Waals surface area contributed by atoms with Gasteiger partial charge in [-0.1, -0.05) is 30.3 Å². The van der Waals surface area contributed by atoms with Crippen LogP contribution in [-0.2, 0) is 19.2 Å². The topological polar surface area (TPSA) is 154 Å². The van der Waals surface area contributed by atoms with Crippen LogP contribution in [0.3, 0.4) is 0 Å². The summed E-state index contributed by atoms with van der Waals surface area (Å²) in [4.78, 5) is 55.0. The number of aliphatic imine (C=N–C) groups is 1. The summed E-state index contributed by atoms with van der Waals surface area (Å²) >= 11 is 1.32. The highest BCUT2D eigenvalue weighted by atomic mass is 32.2. The molecule has 1 aromatic carbocycles. The molecule has 2 aliphatic rings. The number of aliphatic carboxylic acids is 1. The van der Waals surface area contributed by atoms with E-state index in [-0.39, 0.29) is 24.2 Å². The fraction of sp³-hybridized carbons (Fsp3) is 0.421. The minimum atomic E-state index is -1.94. The van der Waals surface area contributed by atoms with Gasteiger partial charge >= 0.3 is 5.97 Å². The number of benzene rings is 1. The number of carboxylic acid groups (broad SMARTS) is 1. The van der Waals surface area contributed by atoms with Crippen LogP contribution in [0.4, 0.5) is 0 Å². The van der Waals surface area contributed by atoms with Crippen LogP contribution >= 0.6 is 11.8 Å². The summed E-state index contributed by atoms with van der Waals surface area (Å²) in [5, 5.41) is 14.9. The van der Waals surface area contributed by atoms with Crippen molar-refractivity contribution in [1.82, 2.24) is 15.5 Å². The van der Waals surface area contributed by atoms with Crippen molar-refractivity contribution in [3.8, 4) is 0 Å². The number of thioether (sulfide) groups is 1. The number of carbonyl (C=O) groups excluding carboxylic acids is 3. The normalized spacial score (nSPS) is 25.3. The lowest BCUT2D eigenvalue weighted by molar-refractivity contribution is -0.173. The van der Waals surface area contributed by atoms with Crippen molar-refractivity contribution in [1.29, 1.82) is 0 Å². The van der Waals surface area contributed by atoms with E-state index < -0.39 is 34.2 Å². The van der Waals surface area contributed by atoms with Gasteiger partial charge in [-0.15, -0.1) is 11.8 Å². The third-order valence-corrected chi connectivity index (χ3v) is 6.76. The summed E-state index contributed by atoms with van der Waals surface area (Å²) in [6.45, 7) is 3.05. The average Bonchev–Trinajstić information content (AvgIpc) is 2.87. The third kappa shape index (κ3) is 3.49. The van der Waals surface area contributed by atoms with Gasteiger partial charge in [0.2, 0.25) is 23.4 Å². The molecule has 1 unspecified atom stereocenters. The predicted octanol–water partition coefficient (Wildman–Crippen LogP) is -0.188. The second-order valence-electron chi connectivity index (χ2n) is 7.46. The molecule has 30 heavy (non-hydrogen) atoms. The van der Waals surface area contributed by atoms with Crippen molar-refractivity contribution < 1.29 is 24.3 Å². The summed E-state index contributed by atoms with van der Waals surface area (Å²) in [6.07, 6.45) is 1.19. The molecule has 0 aliphatic carbocycles. The fourth-order valence-corrected chi connectivity index (χ4v) is 5.46. The van der Waals surface area contributed by atoms with Gasteiger partial charge in [0.1, 0.15) is 12.6 Å². The molecule has 3 rings (SSSR count). The van der Waals surface area contributed by atoms with Gasteiger partial charge in [-0.25, -0.2) is 4.79 Å². The van der Waals surface area contributed by atoms with Gasteiger partial charge in [0.05, 0.1) is 22.9 Å². The molecule has 0 radical (unpaired) electrons. The zero-order valence-electron chi connectivity index (χ0n) is 16.5. The van der Waals surface area contributed by atoms with Crippen molar-refractivity contribution in [2.24, 2.45) is 10.7 Å². The van der Waals surface area contributed by atoms with E-state index in [0.29, 0.717) is 5.56 Å². The summed E-state index contributed by atoms with van der Waals surface area (Å²) in [6, 6.07) is 7.22. The fourth-order valence-electron chi connectivity index (χ4n) is 3.76. The molecule has 10 nitrogen and oxygen atoms in total. The van der Waals surface area contributed by atoms with E-state index in [2.05, 4.69) is 15.6 Å². The van der Waals surface area contributed by atoms with Crippen molar-refractivity contribution in [3.05, 3.63) is 35.9 Å². The second kappa shape index (κ2) is 7.98. The lowest BCUT2D eigenvalue weighted by Crippen LogP contribution is -2.75. The lowest BCUT2D eigenvalue weighted by Gasteiger charge is -2.46. The van der Waals surface area contributed by atoms with Crippen molar-refractivity contribution >= 4 is 41.8 Å². The number of β-lactam (4-membered cyclic amide) rings is 1. The molecule has 1 aromatic rings. The molecule has 3 atom stereocenters. The van der Waals surface area contributed by atoms with Gasteiger partial charge in [-0.05, 0) is 19.4 Å². The van der Waals surface area contributed by atoms with Gasteiger partial charge in [-0.2, -0.15) is 0 Å². The molecule has 2 aliphatic heterocycles. The molecule has 0 spiro atoms. The van der Waals surface area contributed by atoms with Crippen LogP contribution in [0.1, 0.15) is 31.9 Å². The third-order valence-electron chi connectivity index (χ3n) is 5.22. The standard InChI is InChI=1S/C19H23N5O5S/c1-18(2)19(17(28)29,24-13(26)8-14(24)30-18)23-16(27)15(11-6-4-3-5-7-11)22-12(25)9-21-10-20/h3-7,10,14-15H,8-9H2,1-2H3,(H2,20,21)(H,22,25)(H,23,27)(H,28,29)/t14-,15?,19+/m1/s1. The van der Waals surface area contributed by atoms with Crippen LogP contribution in [0, 0.1) is 0 Å². The monoisotopic (exact) mass is 433 g/mol. The van der Waals surface area contributed by atoms with Gasteiger partial charge < -0.3 is 21.5 Å². The number of amides is 3. The zero-order chi connectivity index (χ0) is 22.1. The maximum absolute atomic E-state index is 13.3. The van der Waals surface area contributed by atoms with Gasteiger partial charge in [0, 0.05) is 0 Å². The largest absolute Gasteiger partial charge is 0.478 e. The molecule has 0 aromatic heterocycles. The average molecular weight is 433 g/mol. The Kier molecular flexibility index (Phi) is 5.75. The smallest absolute Gasteiger partial charge is 0.352 e. The Morgan fingerprint density at radius 3 is 2.60 bits per heavy atom. The SMILES string of the molecule is CC1(C)S[C@@H]2CC(=O)N2[C@@]1(NC(=O)C(NC(=O)CN=CN)c1ccccc1)C(=O)O. The number of hydrogen-bond donors (Lipinski definition) is 4. The Balaban J connectivity index is 1.94. The highest BCUT2D eigenvalue weighted by Crippen LogP contribution is 2.55. The lowest BCUT2D eigenvalue weighted by atomic mass is 9.89. The molecule has 2 saturated heterocycles. The minimum Gasteiger partial charge on any atom is -0.478 e. The van der Waals surface area contributed by atoms with Gasteiger partial charge in [0.25, 0.3) is 0 Å². The van der Waals surface area contributed by atoms with E-state index in [9.17, 15) is 24.3 Å². The molecule has 3 amide bonds.